The number of carbonyl (C=O) groups is 2. The van der Waals surface area contributed by atoms with Crippen LogP contribution in [-0.4, -0.2) is 46.7 Å². The van der Waals surface area contributed by atoms with Gasteiger partial charge in [-0.2, -0.15) is 0 Å². The molecule has 0 aliphatic carbocycles. The van der Waals surface area contributed by atoms with Gasteiger partial charge in [-0.15, -0.1) is 11.8 Å². The molecule has 0 unspecified atom stereocenters. The molecule has 1 N–H and O–H groups in total. The van der Waals surface area contributed by atoms with Crippen molar-refractivity contribution < 1.29 is 14.7 Å². The summed E-state index contributed by atoms with van der Waals surface area (Å²) in [6, 6.07) is 3.24. The van der Waals surface area contributed by atoms with E-state index >= 15 is 0 Å². The van der Waals surface area contributed by atoms with Crippen molar-refractivity contribution in [1.82, 2.24) is 9.88 Å². The summed E-state index contributed by atoms with van der Waals surface area (Å²) in [5, 5.41) is 8.76. The van der Waals surface area contributed by atoms with Crippen LogP contribution >= 0.6 is 11.8 Å². The number of thioether (sulfide) groups is 1. The van der Waals surface area contributed by atoms with E-state index in [0.29, 0.717) is 12.2 Å². The molecule has 1 heterocycles. The third kappa shape index (κ3) is 4.44. The zero-order valence-electron chi connectivity index (χ0n) is 9.71. The Labute approximate surface area is 104 Å². The molecule has 17 heavy (non-hydrogen) atoms. The fraction of sp³-hybridized carbons (Fsp3) is 0.364. The highest BCUT2D eigenvalue weighted by Crippen LogP contribution is 2.19. The second-order valence-electron chi connectivity index (χ2n) is 3.57. The van der Waals surface area contributed by atoms with E-state index in [2.05, 4.69) is 4.98 Å². The molecule has 0 aromatic carbocycles. The Morgan fingerprint density at radius 3 is 2.76 bits per heavy atom. The van der Waals surface area contributed by atoms with Gasteiger partial charge in [-0.3, -0.25) is 4.79 Å². The van der Waals surface area contributed by atoms with Crippen LogP contribution in [0.15, 0.2) is 23.2 Å². The first kappa shape index (κ1) is 13.5. The lowest BCUT2D eigenvalue weighted by Gasteiger charge is -2.09. The summed E-state index contributed by atoms with van der Waals surface area (Å²) in [7, 11) is 3.42. The zero-order chi connectivity index (χ0) is 12.8. The molecule has 0 fully saturated rings. The summed E-state index contributed by atoms with van der Waals surface area (Å²) in [4.78, 5) is 28.1. The number of amides is 1. The van der Waals surface area contributed by atoms with Crippen molar-refractivity contribution in [3.63, 3.8) is 0 Å². The predicted molar refractivity (Wildman–Crippen MR) is 65.2 cm³/mol. The number of carboxylic acid groups (broad SMARTS) is 1. The number of pyridine rings is 1. The number of carbonyl (C=O) groups excluding carboxylic acids is 1. The summed E-state index contributed by atoms with van der Waals surface area (Å²) >= 11 is 1.45. The van der Waals surface area contributed by atoms with Crippen LogP contribution in [0.3, 0.4) is 0 Å². The molecule has 5 nitrogen and oxygen atoms in total. The standard InChI is InChI=1S/C11H14N2O3S/c1-13(2)10(14)4-6-17-8-3-5-12-9(7-8)11(15)16/h3,5,7H,4,6H2,1-2H3,(H,15,16). The van der Waals surface area contributed by atoms with Crippen molar-refractivity contribution in [2.75, 3.05) is 19.8 Å². The van der Waals surface area contributed by atoms with Crippen LogP contribution < -0.4 is 0 Å². The number of aromatic nitrogens is 1. The van der Waals surface area contributed by atoms with Crippen molar-refractivity contribution in [1.29, 1.82) is 0 Å². The number of hydrogen-bond donors (Lipinski definition) is 1. The van der Waals surface area contributed by atoms with Crippen LogP contribution in [0.4, 0.5) is 0 Å². The number of nitrogens with zero attached hydrogens (tertiary/aromatic N) is 2. The Kier molecular flexibility index (Phi) is 4.96. The average molecular weight is 254 g/mol. The zero-order valence-corrected chi connectivity index (χ0v) is 10.5. The molecule has 0 radical (unpaired) electrons. The van der Waals surface area contributed by atoms with Gasteiger partial charge in [0.05, 0.1) is 0 Å². The van der Waals surface area contributed by atoms with Gasteiger partial charge in [0.2, 0.25) is 5.91 Å². The second-order valence-corrected chi connectivity index (χ2v) is 4.74. The van der Waals surface area contributed by atoms with Gasteiger partial charge < -0.3 is 10.0 Å². The Bertz CT molecular complexity index is 421. The minimum Gasteiger partial charge on any atom is -0.477 e. The molecule has 0 aliphatic heterocycles. The highest BCUT2D eigenvalue weighted by atomic mass is 32.2. The molecule has 1 aromatic rings. The van der Waals surface area contributed by atoms with Crippen molar-refractivity contribution in [3.05, 3.63) is 24.0 Å². The minimum atomic E-state index is -1.04. The summed E-state index contributed by atoms with van der Waals surface area (Å²) < 4.78 is 0. The van der Waals surface area contributed by atoms with Crippen LogP contribution in [0.1, 0.15) is 16.9 Å². The lowest BCUT2D eigenvalue weighted by molar-refractivity contribution is -0.128. The highest BCUT2D eigenvalue weighted by molar-refractivity contribution is 7.99. The fourth-order valence-corrected chi connectivity index (χ4v) is 1.96. The summed E-state index contributed by atoms with van der Waals surface area (Å²) in [6.45, 7) is 0. The van der Waals surface area contributed by atoms with Crippen LogP contribution in [0, 0.1) is 0 Å². The van der Waals surface area contributed by atoms with E-state index in [1.54, 1.807) is 20.2 Å². The Balaban J connectivity index is 2.50. The SMILES string of the molecule is CN(C)C(=O)CCSc1ccnc(C(=O)O)c1. The molecule has 92 valence electrons. The molecular weight excluding hydrogens is 240 g/mol. The first-order valence-corrected chi connectivity index (χ1v) is 6.01. The van der Waals surface area contributed by atoms with Gasteiger partial charge in [0.1, 0.15) is 5.69 Å². The normalized spacial score (nSPS) is 10.0. The third-order valence-electron chi connectivity index (χ3n) is 2.03. The number of aromatic carboxylic acids is 1. The van der Waals surface area contributed by atoms with Crippen LogP contribution in [-0.2, 0) is 4.79 Å². The molecule has 0 bridgehead atoms. The van der Waals surface area contributed by atoms with E-state index in [4.69, 9.17) is 5.11 Å². The van der Waals surface area contributed by atoms with Gasteiger partial charge in [-0.25, -0.2) is 9.78 Å². The van der Waals surface area contributed by atoms with Gasteiger partial charge in [0.15, 0.2) is 0 Å². The van der Waals surface area contributed by atoms with Crippen LogP contribution in [0.2, 0.25) is 0 Å². The lowest BCUT2D eigenvalue weighted by atomic mass is 10.3. The second kappa shape index (κ2) is 6.24. The Morgan fingerprint density at radius 1 is 1.47 bits per heavy atom. The van der Waals surface area contributed by atoms with Crippen LogP contribution in [0.5, 0.6) is 0 Å². The monoisotopic (exact) mass is 254 g/mol. The molecule has 0 atom stereocenters. The summed E-state index contributed by atoms with van der Waals surface area (Å²) in [5.74, 6) is -0.359. The summed E-state index contributed by atoms with van der Waals surface area (Å²) in [6.07, 6.45) is 1.89. The largest absolute Gasteiger partial charge is 0.477 e. The fourth-order valence-electron chi connectivity index (χ4n) is 1.10. The molecule has 1 amide bonds. The van der Waals surface area contributed by atoms with E-state index in [1.807, 2.05) is 0 Å². The highest BCUT2D eigenvalue weighted by Gasteiger charge is 2.07. The number of hydrogen-bond acceptors (Lipinski definition) is 4. The van der Waals surface area contributed by atoms with E-state index in [0.717, 1.165) is 4.90 Å². The molecule has 0 aliphatic rings. The topological polar surface area (TPSA) is 70.5 Å². The van der Waals surface area contributed by atoms with E-state index in [-0.39, 0.29) is 11.6 Å². The molecule has 1 rings (SSSR count). The quantitative estimate of drug-likeness (QED) is 0.803. The average Bonchev–Trinajstić information content (AvgIpc) is 2.29. The number of rotatable bonds is 5. The Hall–Kier alpha value is -1.56. The van der Waals surface area contributed by atoms with Crippen molar-refractivity contribution in [3.8, 4) is 0 Å². The van der Waals surface area contributed by atoms with Crippen LogP contribution in [0.25, 0.3) is 0 Å². The maximum atomic E-state index is 11.3. The molecule has 1 aromatic heterocycles. The third-order valence-corrected chi connectivity index (χ3v) is 3.03. The van der Waals surface area contributed by atoms with Gasteiger partial charge in [-0.05, 0) is 12.1 Å². The molecule has 0 saturated carbocycles. The first-order chi connectivity index (χ1) is 8.00. The minimum absolute atomic E-state index is 0.0222. The lowest BCUT2D eigenvalue weighted by Crippen LogP contribution is -2.21. The number of carboxylic acids is 1. The molecule has 6 heteroatoms. The van der Waals surface area contributed by atoms with Gasteiger partial charge in [0.25, 0.3) is 0 Å². The molecule has 0 saturated heterocycles. The summed E-state index contributed by atoms with van der Waals surface area (Å²) in [5.41, 5.74) is 0.0222. The van der Waals surface area contributed by atoms with E-state index in [9.17, 15) is 9.59 Å². The van der Waals surface area contributed by atoms with Crippen molar-refractivity contribution >= 4 is 23.6 Å². The van der Waals surface area contributed by atoms with Crippen molar-refractivity contribution in [2.24, 2.45) is 0 Å². The molecular formula is C11H14N2O3S. The predicted octanol–water partition coefficient (Wildman–Crippen LogP) is 1.35. The molecule has 0 spiro atoms. The van der Waals surface area contributed by atoms with Crippen molar-refractivity contribution in [2.45, 2.75) is 11.3 Å². The van der Waals surface area contributed by atoms with Gasteiger partial charge >= 0.3 is 5.97 Å². The maximum absolute atomic E-state index is 11.3. The first-order valence-electron chi connectivity index (χ1n) is 5.03. The Morgan fingerprint density at radius 2 is 2.18 bits per heavy atom. The van der Waals surface area contributed by atoms with Gasteiger partial charge in [0, 0.05) is 37.4 Å². The maximum Gasteiger partial charge on any atom is 0.354 e. The van der Waals surface area contributed by atoms with Gasteiger partial charge in [-0.1, -0.05) is 0 Å². The van der Waals surface area contributed by atoms with E-state index in [1.165, 1.54) is 28.9 Å². The van der Waals surface area contributed by atoms with E-state index < -0.39 is 5.97 Å². The smallest absolute Gasteiger partial charge is 0.354 e.